The molecule has 0 aliphatic heterocycles. The van der Waals surface area contributed by atoms with Gasteiger partial charge in [0.15, 0.2) is 5.82 Å². The molecule has 1 atom stereocenters. The maximum atomic E-state index is 8.86. The fraction of sp³-hybridized carbons (Fsp3) is 0.600. The van der Waals surface area contributed by atoms with Crippen LogP contribution in [-0.4, -0.2) is 28.2 Å². The number of nitrogens with zero attached hydrogens (tertiary/aromatic N) is 2. The third-order valence-corrected chi connectivity index (χ3v) is 2.47. The van der Waals surface area contributed by atoms with Crippen molar-refractivity contribution in [2.45, 2.75) is 19.8 Å². The Hall–Kier alpha value is -1.40. The Labute approximate surface area is 95.3 Å². The molecule has 0 aromatic carbocycles. The molecule has 1 rings (SSSR count). The highest BCUT2D eigenvalue weighted by molar-refractivity contribution is 5.40. The third-order valence-electron chi connectivity index (χ3n) is 2.47. The molecule has 1 aromatic rings. The summed E-state index contributed by atoms with van der Waals surface area (Å²) in [7, 11) is 0. The van der Waals surface area contributed by atoms with Gasteiger partial charge in [-0.05, 0) is 12.3 Å². The molecule has 0 saturated carbocycles. The zero-order chi connectivity index (χ0) is 11.8. The summed E-state index contributed by atoms with van der Waals surface area (Å²) in [6, 6.07) is 0. The van der Waals surface area contributed by atoms with Gasteiger partial charge in [0.05, 0.1) is 12.4 Å². The predicted molar refractivity (Wildman–Crippen MR) is 63.8 cm³/mol. The molecule has 0 aliphatic carbocycles. The van der Waals surface area contributed by atoms with Crippen LogP contribution in [0.4, 0.5) is 11.6 Å². The lowest BCUT2D eigenvalue weighted by Gasteiger charge is -2.14. The fourth-order valence-electron chi connectivity index (χ4n) is 1.40. The molecule has 1 aromatic heterocycles. The molecule has 1 heterocycles. The molecule has 5 N–H and O–H groups in total. The van der Waals surface area contributed by atoms with Crippen LogP contribution in [0.25, 0.3) is 0 Å². The van der Waals surface area contributed by atoms with Crippen LogP contribution in [-0.2, 0) is 0 Å². The maximum absolute atomic E-state index is 8.86. The number of nitrogens with one attached hydrogen (secondary N) is 2. The van der Waals surface area contributed by atoms with Crippen LogP contribution in [0.3, 0.4) is 0 Å². The Bertz CT molecular complexity index is 307. The van der Waals surface area contributed by atoms with E-state index in [-0.39, 0.29) is 6.61 Å². The van der Waals surface area contributed by atoms with Crippen LogP contribution in [0.15, 0.2) is 12.4 Å². The molecule has 0 saturated heterocycles. The van der Waals surface area contributed by atoms with E-state index >= 15 is 0 Å². The van der Waals surface area contributed by atoms with E-state index < -0.39 is 0 Å². The first-order chi connectivity index (χ1) is 7.80. The minimum absolute atomic E-state index is 0.219. The quantitative estimate of drug-likeness (QED) is 0.400. The highest BCUT2D eigenvalue weighted by atomic mass is 16.3. The van der Waals surface area contributed by atoms with Crippen molar-refractivity contribution < 1.29 is 5.11 Å². The van der Waals surface area contributed by atoms with Crippen molar-refractivity contribution in [2.75, 3.05) is 23.9 Å². The Kier molecular flexibility index (Phi) is 5.52. The standard InChI is InChI=1S/C10H19N5O/c1-2-8(3-4-16)5-13-9-6-12-7-10(14-9)15-11/h6-8,16H,2-5,11H2,1H3,(H2,13,14,15). The van der Waals surface area contributed by atoms with Gasteiger partial charge < -0.3 is 15.8 Å². The summed E-state index contributed by atoms with van der Waals surface area (Å²) in [5.41, 5.74) is 2.44. The molecule has 0 amide bonds. The van der Waals surface area contributed by atoms with Crippen molar-refractivity contribution in [3.05, 3.63) is 12.4 Å². The summed E-state index contributed by atoms with van der Waals surface area (Å²) in [5, 5.41) is 12.0. The topological polar surface area (TPSA) is 96.1 Å². The zero-order valence-electron chi connectivity index (χ0n) is 9.48. The first-order valence-electron chi connectivity index (χ1n) is 5.43. The number of hydrogen-bond donors (Lipinski definition) is 4. The number of aliphatic hydroxyl groups is 1. The number of nitrogens with two attached hydrogens (primary N) is 1. The van der Waals surface area contributed by atoms with Crippen molar-refractivity contribution >= 4 is 11.6 Å². The lowest BCUT2D eigenvalue weighted by Crippen LogP contribution is -2.16. The second-order valence-electron chi connectivity index (χ2n) is 3.60. The lowest BCUT2D eigenvalue weighted by molar-refractivity contribution is 0.258. The Morgan fingerprint density at radius 1 is 1.44 bits per heavy atom. The van der Waals surface area contributed by atoms with E-state index in [4.69, 9.17) is 10.9 Å². The van der Waals surface area contributed by atoms with Crippen LogP contribution in [0.1, 0.15) is 19.8 Å². The van der Waals surface area contributed by atoms with Gasteiger partial charge in [-0.25, -0.2) is 10.8 Å². The summed E-state index contributed by atoms with van der Waals surface area (Å²) in [6.07, 6.45) is 5.02. The van der Waals surface area contributed by atoms with E-state index in [0.29, 0.717) is 17.6 Å². The van der Waals surface area contributed by atoms with E-state index in [1.54, 1.807) is 12.4 Å². The molecule has 6 nitrogen and oxygen atoms in total. The molecular formula is C10H19N5O. The minimum atomic E-state index is 0.219. The van der Waals surface area contributed by atoms with Crippen LogP contribution in [0.2, 0.25) is 0 Å². The van der Waals surface area contributed by atoms with Crippen LogP contribution in [0, 0.1) is 5.92 Å². The summed E-state index contributed by atoms with van der Waals surface area (Å²) in [6.45, 7) is 3.10. The largest absolute Gasteiger partial charge is 0.396 e. The van der Waals surface area contributed by atoms with Gasteiger partial charge in [0, 0.05) is 13.2 Å². The van der Waals surface area contributed by atoms with Crippen molar-refractivity contribution in [3.8, 4) is 0 Å². The van der Waals surface area contributed by atoms with Crippen molar-refractivity contribution in [2.24, 2.45) is 11.8 Å². The lowest BCUT2D eigenvalue weighted by atomic mass is 10.0. The third kappa shape index (κ3) is 4.00. The molecule has 0 bridgehead atoms. The number of hydrogen-bond acceptors (Lipinski definition) is 6. The molecule has 90 valence electrons. The van der Waals surface area contributed by atoms with Gasteiger partial charge in [-0.2, -0.15) is 0 Å². The highest BCUT2D eigenvalue weighted by Crippen LogP contribution is 2.10. The van der Waals surface area contributed by atoms with Gasteiger partial charge >= 0.3 is 0 Å². The Morgan fingerprint density at radius 2 is 2.19 bits per heavy atom. The monoisotopic (exact) mass is 225 g/mol. The van der Waals surface area contributed by atoms with E-state index in [0.717, 1.165) is 19.4 Å². The van der Waals surface area contributed by atoms with Gasteiger partial charge in [0.2, 0.25) is 0 Å². The highest BCUT2D eigenvalue weighted by Gasteiger charge is 2.05. The average molecular weight is 225 g/mol. The fourth-order valence-corrected chi connectivity index (χ4v) is 1.40. The summed E-state index contributed by atoms with van der Waals surface area (Å²) < 4.78 is 0. The number of hydrazine groups is 1. The van der Waals surface area contributed by atoms with Gasteiger partial charge in [-0.15, -0.1) is 0 Å². The second-order valence-corrected chi connectivity index (χ2v) is 3.60. The number of anilines is 2. The van der Waals surface area contributed by atoms with Gasteiger partial charge in [0.1, 0.15) is 5.82 Å². The van der Waals surface area contributed by atoms with Crippen molar-refractivity contribution in [3.63, 3.8) is 0 Å². The molecular weight excluding hydrogens is 206 g/mol. The predicted octanol–water partition coefficient (Wildman–Crippen LogP) is 0.583. The Morgan fingerprint density at radius 3 is 2.81 bits per heavy atom. The van der Waals surface area contributed by atoms with E-state index in [2.05, 4.69) is 27.6 Å². The van der Waals surface area contributed by atoms with Crippen LogP contribution >= 0.6 is 0 Å². The molecule has 0 aliphatic rings. The minimum Gasteiger partial charge on any atom is -0.396 e. The van der Waals surface area contributed by atoms with Crippen LogP contribution < -0.4 is 16.6 Å². The molecule has 1 unspecified atom stereocenters. The molecule has 0 fully saturated rings. The molecule has 6 heteroatoms. The smallest absolute Gasteiger partial charge is 0.160 e. The van der Waals surface area contributed by atoms with Gasteiger partial charge in [-0.1, -0.05) is 13.3 Å². The van der Waals surface area contributed by atoms with Crippen molar-refractivity contribution in [1.82, 2.24) is 9.97 Å². The van der Waals surface area contributed by atoms with E-state index in [1.165, 1.54) is 0 Å². The molecule has 0 radical (unpaired) electrons. The van der Waals surface area contributed by atoms with E-state index in [1.807, 2.05) is 0 Å². The normalized spacial score (nSPS) is 12.2. The number of rotatable bonds is 7. The first-order valence-corrected chi connectivity index (χ1v) is 5.43. The number of nitrogen functional groups attached to an aromatic ring is 1. The molecule has 0 spiro atoms. The summed E-state index contributed by atoms with van der Waals surface area (Å²) in [4.78, 5) is 8.17. The van der Waals surface area contributed by atoms with Crippen molar-refractivity contribution in [1.29, 1.82) is 0 Å². The first kappa shape index (κ1) is 12.7. The number of aliphatic hydroxyl groups excluding tert-OH is 1. The maximum Gasteiger partial charge on any atom is 0.160 e. The summed E-state index contributed by atoms with van der Waals surface area (Å²) >= 11 is 0. The Balaban J connectivity index is 2.46. The molecule has 16 heavy (non-hydrogen) atoms. The van der Waals surface area contributed by atoms with E-state index in [9.17, 15) is 0 Å². The number of aromatic nitrogens is 2. The average Bonchev–Trinajstić information content (AvgIpc) is 2.34. The van der Waals surface area contributed by atoms with Crippen LogP contribution in [0.5, 0.6) is 0 Å². The second kappa shape index (κ2) is 6.97. The van der Waals surface area contributed by atoms with Gasteiger partial charge in [0.25, 0.3) is 0 Å². The SMILES string of the molecule is CCC(CCO)CNc1cncc(NN)n1. The zero-order valence-corrected chi connectivity index (χ0v) is 9.48. The summed E-state index contributed by atoms with van der Waals surface area (Å²) in [5.74, 6) is 6.90. The van der Waals surface area contributed by atoms with Gasteiger partial charge in [-0.3, -0.25) is 4.98 Å².